The zero-order valence-corrected chi connectivity index (χ0v) is 19.1. The van der Waals surface area contributed by atoms with E-state index in [4.69, 9.17) is 0 Å². The molecule has 0 amide bonds. The molecule has 164 valence electrons. The second-order valence-corrected chi connectivity index (χ2v) is 8.90. The van der Waals surface area contributed by atoms with Gasteiger partial charge in [0.2, 0.25) is 0 Å². The van der Waals surface area contributed by atoms with Gasteiger partial charge in [0, 0.05) is 39.0 Å². The van der Waals surface area contributed by atoms with Crippen molar-refractivity contribution >= 4 is 32.6 Å². The summed E-state index contributed by atoms with van der Waals surface area (Å²) in [5.41, 5.74) is 9.33. The molecule has 0 saturated carbocycles. The van der Waals surface area contributed by atoms with Gasteiger partial charge in [-0.2, -0.15) is 0 Å². The number of fused-ring (bicyclic) bond motifs is 5. The van der Waals surface area contributed by atoms with E-state index in [1.807, 2.05) is 24.4 Å². The first kappa shape index (κ1) is 19.7. The van der Waals surface area contributed by atoms with Crippen molar-refractivity contribution in [3.8, 4) is 33.5 Å². The van der Waals surface area contributed by atoms with Crippen LogP contribution in [0, 0.1) is 0 Å². The van der Waals surface area contributed by atoms with E-state index in [2.05, 4.69) is 113 Å². The van der Waals surface area contributed by atoms with E-state index in [1.165, 1.54) is 43.8 Å². The Morgan fingerprint density at radius 1 is 0.457 bits per heavy atom. The van der Waals surface area contributed by atoms with Gasteiger partial charge >= 0.3 is 0 Å². The van der Waals surface area contributed by atoms with Crippen LogP contribution in [0.4, 0.5) is 0 Å². The van der Waals surface area contributed by atoms with Gasteiger partial charge in [-0.1, -0.05) is 97.1 Å². The summed E-state index contributed by atoms with van der Waals surface area (Å²) < 4.78 is 0. The maximum Gasteiger partial charge on any atom is 0.0701 e. The lowest BCUT2D eigenvalue weighted by atomic mass is 9.89. The summed E-state index contributed by atoms with van der Waals surface area (Å²) in [6.07, 6.45) is 1.84. The summed E-state index contributed by atoms with van der Waals surface area (Å²) in [4.78, 5) is 8.19. The van der Waals surface area contributed by atoms with Crippen LogP contribution in [0.5, 0.6) is 0 Å². The first-order valence-corrected chi connectivity index (χ1v) is 11.9. The standard InChI is InChI=1S/C33H22N2/c1-2-9-22(10-3-1)25-12-8-13-26-28(23-16-18-24(19-17-23)29-14-6-7-20-34-29)21-31-33(32(25)26)27-11-4-5-15-30(27)35-31/h1-21,35H. The molecule has 0 aliphatic rings. The molecular formula is C33H22N2. The lowest BCUT2D eigenvalue weighted by Crippen LogP contribution is -1.88. The Bertz CT molecular complexity index is 1810. The SMILES string of the molecule is c1ccc(-c2cccc3c(-c4ccc(-c5ccccn5)cc4)cc4[nH]c5ccccc5c4c23)cc1. The summed E-state index contributed by atoms with van der Waals surface area (Å²) in [5.74, 6) is 0. The van der Waals surface area contributed by atoms with E-state index >= 15 is 0 Å². The van der Waals surface area contributed by atoms with Crippen LogP contribution < -0.4 is 0 Å². The molecule has 1 N–H and O–H groups in total. The van der Waals surface area contributed by atoms with E-state index in [-0.39, 0.29) is 0 Å². The molecule has 35 heavy (non-hydrogen) atoms. The first-order chi connectivity index (χ1) is 17.4. The molecule has 7 rings (SSSR count). The maximum atomic E-state index is 4.51. The van der Waals surface area contributed by atoms with E-state index < -0.39 is 0 Å². The van der Waals surface area contributed by atoms with Crippen molar-refractivity contribution in [2.75, 3.05) is 0 Å². The van der Waals surface area contributed by atoms with Crippen LogP contribution in [-0.4, -0.2) is 9.97 Å². The lowest BCUT2D eigenvalue weighted by Gasteiger charge is -2.14. The Morgan fingerprint density at radius 2 is 1.17 bits per heavy atom. The van der Waals surface area contributed by atoms with Crippen LogP contribution in [0.1, 0.15) is 0 Å². The van der Waals surface area contributed by atoms with Crippen molar-refractivity contribution in [2.24, 2.45) is 0 Å². The molecule has 2 aromatic heterocycles. The van der Waals surface area contributed by atoms with Crippen molar-refractivity contribution in [3.05, 3.63) is 128 Å². The molecule has 2 nitrogen and oxygen atoms in total. The summed E-state index contributed by atoms with van der Waals surface area (Å²) in [6.45, 7) is 0. The highest BCUT2D eigenvalue weighted by molar-refractivity contribution is 6.26. The summed E-state index contributed by atoms with van der Waals surface area (Å²) in [7, 11) is 0. The second-order valence-electron chi connectivity index (χ2n) is 8.90. The zero-order chi connectivity index (χ0) is 23.2. The number of aromatic amines is 1. The number of rotatable bonds is 3. The van der Waals surface area contributed by atoms with E-state index in [0.717, 1.165) is 22.3 Å². The highest BCUT2D eigenvalue weighted by Crippen LogP contribution is 2.42. The molecule has 0 unspecified atom stereocenters. The molecule has 5 aromatic carbocycles. The quantitative estimate of drug-likeness (QED) is 0.288. The summed E-state index contributed by atoms with van der Waals surface area (Å²) >= 11 is 0. The van der Waals surface area contributed by atoms with E-state index in [9.17, 15) is 0 Å². The van der Waals surface area contributed by atoms with Gasteiger partial charge in [-0.25, -0.2) is 0 Å². The highest BCUT2D eigenvalue weighted by atomic mass is 14.7. The Morgan fingerprint density at radius 3 is 2.00 bits per heavy atom. The fourth-order valence-electron chi connectivity index (χ4n) is 5.26. The van der Waals surface area contributed by atoms with Gasteiger partial charge in [0.1, 0.15) is 0 Å². The Hall–Kier alpha value is -4.69. The minimum atomic E-state index is 0.987. The Balaban J connectivity index is 1.54. The molecule has 0 aliphatic carbocycles. The smallest absolute Gasteiger partial charge is 0.0701 e. The van der Waals surface area contributed by atoms with Crippen LogP contribution in [-0.2, 0) is 0 Å². The van der Waals surface area contributed by atoms with Gasteiger partial charge in [0.15, 0.2) is 0 Å². The Kier molecular flexibility index (Phi) is 4.49. The number of nitrogens with one attached hydrogen (secondary N) is 1. The average Bonchev–Trinajstić information content (AvgIpc) is 3.32. The average molecular weight is 447 g/mol. The molecule has 0 atom stereocenters. The highest BCUT2D eigenvalue weighted by Gasteiger charge is 2.16. The van der Waals surface area contributed by atoms with Crippen molar-refractivity contribution in [1.82, 2.24) is 9.97 Å². The minimum absolute atomic E-state index is 0.987. The van der Waals surface area contributed by atoms with Crippen LogP contribution in [0.2, 0.25) is 0 Å². The summed E-state index contributed by atoms with van der Waals surface area (Å²) in [6, 6.07) is 43.0. The molecule has 0 radical (unpaired) electrons. The van der Waals surface area contributed by atoms with Crippen LogP contribution in [0.25, 0.3) is 66.1 Å². The fraction of sp³-hybridized carbons (Fsp3) is 0. The molecule has 0 bridgehead atoms. The van der Waals surface area contributed by atoms with Crippen molar-refractivity contribution in [2.45, 2.75) is 0 Å². The molecule has 0 saturated heterocycles. The van der Waals surface area contributed by atoms with Gasteiger partial charge in [-0.3, -0.25) is 4.98 Å². The number of nitrogens with zero attached hydrogens (tertiary/aromatic N) is 1. The Labute approximate surface area is 203 Å². The maximum absolute atomic E-state index is 4.51. The zero-order valence-electron chi connectivity index (χ0n) is 19.1. The number of para-hydroxylation sites is 1. The third-order valence-electron chi connectivity index (χ3n) is 6.87. The normalized spacial score (nSPS) is 11.4. The molecule has 7 aromatic rings. The predicted molar refractivity (Wildman–Crippen MR) is 147 cm³/mol. The van der Waals surface area contributed by atoms with Crippen molar-refractivity contribution in [3.63, 3.8) is 0 Å². The number of pyridine rings is 1. The van der Waals surface area contributed by atoms with Crippen molar-refractivity contribution in [1.29, 1.82) is 0 Å². The molecule has 2 heterocycles. The molecular weight excluding hydrogens is 424 g/mol. The van der Waals surface area contributed by atoms with Gasteiger partial charge < -0.3 is 4.98 Å². The van der Waals surface area contributed by atoms with Gasteiger partial charge in [0.05, 0.1) is 5.69 Å². The minimum Gasteiger partial charge on any atom is -0.354 e. The number of aromatic nitrogens is 2. The molecule has 0 spiro atoms. The molecule has 2 heteroatoms. The summed E-state index contributed by atoms with van der Waals surface area (Å²) in [5, 5.41) is 5.09. The first-order valence-electron chi connectivity index (χ1n) is 11.9. The number of benzene rings is 5. The van der Waals surface area contributed by atoms with Crippen molar-refractivity contribution < 1.29 is 0 Å². The lowest BCUT2D eigenvalue weighted by molar-refractivity contribution is 1.33. The monoisotopic (exact) mass is 446 g/mol. The number of hydrogen-bond donors (Lipinski definition) is 1. The van der Waals surface area contributed by atoms with Crippen LogP contribution in [0.3, 0.4) is 0 Å². The topological polar surface area (TPSA) is 28.7 Å². The number of hydrogen-bond acceptors (Lipinski definition) is 1. The molecule has 0 fully saturated rings. The third-order valence-corrected chi connectivity index (χ3v) is 6.87. The van der Waals surface area contributed by atoms with Gasteiger partial charge in [-0.15, -0.1) is 0 Å². The van der Waals surface area contributed by atoms with E-state index in [0.29, 0.717) is 0 Å². The molecule has 0 aliphatic heterocycles. The fourth-order valence-corrected chi connectivity index (χ4v) is 5.26. The largest absolute Gasteiger partial charge is 0.354 e. The van der Waals surface area contributed by atoms with Crippen LogP contribution >= 0.6 is 0 Å². The second kappa shape index (κ2) is 7.96. The number of H-pyrrole nitrogens is 1. The third kappa shape index (κ3) is 3.23. The van der Waals surface area contributed by atoms with E-state index in [1.54, 1.807) is 0 Å². The van der Waals surface area contributed by atoms with Gasteiger partial charge in [-0.05, 0) is 51.9 Å². The predicted octanol–water partition coefficient (Wildman–Crippen LogP) is 8.87. The van der Waals surface area contributed by atoms with Crippen LogP contribution in [0.15, 0.2) is 128 Å². The van der Waals surface area contributed by atoms with Gasteiger partial charge in [0.25, 0.3) is 0 Å².